The van der Waals surface area contributed by atoms with Gasteiger partial charge in [0.15, 0.2) is 5.69 Å². The Labute approximate surface area is 171 Å². The molecule has 1 saturated heterocycles. The van der Waals surface area contributed by atoms with Crippen molar-refractivity contribution in [3.8, 4) is 11.8 Å². The smallest absolute Gasteiger partial charge is 0.435 e. The molecule has 2 aromatic heterocycles. The predicted molar refractivity (Wildman–Crippen MR) is 101 cm³/mol. The molecule has 1 amide bonds. The summed E-state index contributed by atoms with van der Waals surface area (Å²) in [7, 11) is 2.98. The van der Waals surface area contributed by atoms with Gasteiger partial charge in [0.05, 0.1) is 20.3 Å². The number of anilines is 1. The molecule has 9 nitrogen and oxygen atoms in total. The standard InChI is InChI=1S/C18H23F3N6O3/c1-11-12(2)27(24-16(11)18(19,20)21)10-15(28)25-5-7-26(8-6-25)17-22-13(29-3)9-14(23-17)30-4/h9H,5-8,10H2,1-4H3. The summed E-state index contributed by atoms with van der Waals surface area (Å²) in [6.07, 6.45) is -4.55. The van der Waals surface area contributed by atoms with Crippen LogP contribution in [-0.4, -0.2) is 71.0 Å². The predicted octanol–water partition coefficient (Wildman–Crippen LogP) is 1.67. The molecule has 0 spiro atoms. The Kier molecular flexibility index (Phi) is 6.04. The largest absolute Gasteiger partial charge is 0.481 e. The first kappa shape index (κ1) is 21.7. The summed E-state index contributed by atoms with van der Waals surface area (Å²) < 4.78 is 50.5. The zero-order chi connectivity index (χ0) is 22.1. The summed E-state index contributed by atoms with van der Waals surface area (Å²) in [4.78, 5) is 24.7. The van der Waals surface area contributed by atoms with Crippen LogP contribution >= 0.6 is 0 Å². The van der Waals surface area contributed by atoms with Gasteiger partial charge in [0.2, 0.25) is 23.6 Å². The molecular formula is C18H23F3N6O3. The number of piperazine rings is 1. The number of alkyl halides is 3. The van der Waals surface area contributed by atoms with Gasteiger partial charge in [0.1, 0.15) is 6.54 Å². The van der Waals surface area contributed by atoms with Crippen LogP contribution < -0.4 is 14.4 Å². The van der Waals surface area contributed by atoms with Gasteiger partial charge in [-0.25, -0.2) is 0 Å². The Morgan fingerprint density at radius 1 is 1.07 bits per heavy atom. The number of aromatic nitrogens is 4. The highest BCUT2D eigenvalue weighted by molar-refractivity contribution is 5.76. The molecule has 3 heterocycles. The Morgan fingerprint density at radius 2 is 1.63 bits per heavy atom. The van der Waals surface area contributed by atoms with Crippen LogP contribution in [0.3, 0.4) is 0 Å². The molecule has 0 saturated carbocycles. The molecule has 164 valence electrons. The van der Waals surface area contributed by atoms with Gasteiger partial charge in [-0.15, -0.1) is 0 Å². The average molecular weight is 428 g/mol. The lowest BCUT2D eigenvalue weighted by Crippen LogP contribution is -2.50. The number of nitrogens with zero attached hydrogens (tertiary/aromatic N) is 6. The Balaban J connectivity index is 1.65. The van der Waals surface area contributed by atoms with Crippen LogP contribution in [0.25, 0.3) is 0 Å². The van der Waals surface area contributed by atoms with Crippen molar-refractivity contribution in [2.75, 3.05) is 45.3 Å². The lowest BCUT2D eigenvalue weighted by atomic mass is 10.2. The first-order chi connectivity index (χ1) is 14.1. The normalized spacial score (nSPS) is 14.8. The fourth-order valence-corrected chi connectivity index (χ4v) is 3.19. The van der Waals surface area contributed by atoms with E-state index >= 15 is 0 Å². The van der Waals surface area contributed by atoms with E-state index in [0.717, 1.165) is 4.68 Å². The SMILES string of the molecule is COc1cc(OC)nc(N2CCN(C(=O)Cn3nc(C(F)(F)F)c(C)c3C)CC2)n1. The molecule has 2 aromatic rings. The summed E-state index contributed by atoms with van der Waals surface area (Å²) in [5.74, 6) is 0.852. The number of hydrogen-bond acceptors (Lipinski definition) is 7. The Morgan fingerprint density at radius 3 is 2.10 bits per heavy atom. The minimum atomic E-state index is -4.55. The summed E-state index contributed by atoms with van der Waals surface area (Å²) in [6.45, 7) is 4.33. The highest BCUT2D eigenvalue weighted by Crippen LogP contribution is 2.32. The summed E-state index contributed by atoms with van der Waals surface area (Å²) in [5, 5.41) is 3.60. The maximum Gasteiger partial charge on any atom is 0.435 e. The quantitative estimate of drug-likeness (QED) is 0.716. The summed E-state index contributed by atoms with van der Waals surface area (Å²) >= 11 is 0. The van der Waals surface area contributed by atoms with Crippen LogP contribution in [0.1, 0.15) is 17.0 Å². The zero-order valence-electron chi connectivity index (χ0n) is 17.2. The Hall–Kier alpha value is -3.05. The second-order valence-electron chi connectivity index (χ2n) is 6.83. The number of carbonyl (C=O) groups excluding carboxylic acids is 1. The fourth-order valence-electron chi connectivity index (χ4n) is 3.19. The molecule has 0 bridgehead atoms. The Bertz CT molecular complexity index is 900. The molecular weight excluding hydrogens is 405 g/mol. The molecule has 1 fully saturated rings. The number of carbonyl (C=O) groups is 1. The van der Waals surface area contributed by atoms with Crippen LogP contribution in [0.5, 0.6) is 11.8 Å². The van der Waals surface area contributed by atoms with Crippen LogP contribution in [0.4, 0.5) is 19.1 Å². The lowest BCUT2D eigenvalue weighted by Gasteiger charge is -2.34. The second kappa shape index (κ2) is 8.36. The van der Waals surface area contributed by atoms with Crippen molar-refractivity contribution >= 4 is 11.9 Å². The van der Waals surface area contributed by atoms with Gasteiger partial charge in [-0.1, -0.05) is 0 Å². The maximum absolute atomic E-state index is 13.0. The first-order valence-corrected chi connectivity index (χ1v) is 9.25. The van der Waals surface area contributed by atoms with E-state index in [-0.39, 0.29) is 18.0 Å². The number of methoxy groups -OCH3 is 2. The van der Waals surface area contributed by atoms with Gasteiger partial charge in [0.25, 0.3) is 0 Å². The average Bonchev–Trinajstić information content (AvgIpc) is 3.02. The third-order valence-electron chi connectivity index (χ3n) is 5.06. The minimum absolute atomic E-state index is 0.0317. The maximum atomic E-state index is 13.0. The van der Waals surface area contributed by atoms with Gasteiger partial charge in [-0.2, -0.15) is 28.2 Å². The van der Waals surface area contributed by atoms with Gasteiger partial charge >= 0.3 is 6.18 Å². The number of rotatable bonds is 5. The van der Waals surface area contributed by atoms with E-state index in [0.29, 0.717) is 49.6 Å². The van der Waals surface area contributed by atoms with Crippen LogP contribution in [0.15, 0.2) is 6.07 Å². The van der Waals surface area contributed by atoms with E-state index in [9.17, 15) is 18.0 Å². The molecule has 1 aliphatic heterocycles. The highest BCUT2D eigenvalue weighted by Gasteiger charge is 2.37. The van der Waals surface area contributed by atoms with Gasteiger partial charge in [0, 0.05) is 37.4 Å². The summed E-state index contributed by atoms with van der Waals surface area (Å²) in [6, 6.07) is 1.56. The van der Waals surface area contributed by atoms with E-state index in [1.165, 1.54) is 28.1 Å². The van der Waals surface area contributed by atoms with Crippen molar-refractivity contribution in [2.24, 2.45) is 0 Å². The first-order valence-electron chi connectivity index (χ1n) is 9.25. The number of ether oxygens (including phenoxy) is 2. The highest BCUT2D eigenvalue weighted by atomic mass is 19.4. The van der Waals surface area contributed by atoms with Gasteiger partial charge in [-0.3, -0.25) is 9.48 Å². The molecule has 0 aromatic carbocycles. The van der Waals surface area contributed by atoms with Crippen molar-refractivity contribution < 1.29 is 27.4 Å². The second-order valence-corrected chi connectivity index (χ2v) is 6.83. The van der Waals surface area contributed by atoms with E-state index in [2.05, 4.69) is 15.1 Å². The molecule has 30 heavy (non-hydrogen) atoms. The van der Waals surface area contributed by atoms with Crippen molar-refractivity contribution in [1.82, 2.24) is 24.6 Å². The monoisotopic (exact) mass is 428 g/mol. The number of hydrogen-bond donors (Lipinski definition) is 0. The molecule has 12 heteroatoms. The molecule has 1 aliphatic rings. The zero-order valence-corrected chi connectivity index (χ0v) is 17.2. The van der Waals surface area contributed by atoms with Crippen LogP contribution in [-0.2, 0) is 17.5 Å². The minimum Gasteiger partial charge on any atom is -0.481 e. The van der Waals surface area contributed by atoms with Crippen molar-refractivity contribution in [1.29, 1.82) is 0 Å². The number of halogens is 3. The fraction of sp³-hybridized carbons (Fsp3) is 0.556. The third kappa shape index (κ3) is 4.41. The third-order valence-corrected chi connectivity index (χ3v) is 5.06. The molecule has 0 N–H and O–H groups in total. The summed E-state index contributed by atoms with van der Waals surface area (Å²) in [5.41, 5.74) is -0.600. The number of amides is 1. The van der Waals surface area contributed by atoms with Crippen molar-refractivity contribution in [3.05, 3.63) is 23.0 Å². The van der Waals surface area contributed by atoms with Crippen LogP contribution in [0.2, 0.25) is 0 Å². The van der Waals surface area contributed by atoms with E-state index in [1.54, 1.807) is 11.0 Å². The molecule has 0 unspecified atom stereocenters. The van der Waals surface area contributed by atoms with Gasteiger partial charge in [-0.05, 0) is 13.8 Å². The molecule has 0 atom stereocenters. The van der Waals surface area contributed by atoms with Gasteiger partial charge < -0.3 is 19.3 Å². The molecule has 0 aliphatic carbocycles. The molecule has 0 radical (unpaired) electrons. The van der Waals surface area contributed by atoms with Crippen molar-refractivity contribution in [3.63, 3.8) is 0 Å². The topological polar surface area (TPSA) is 85.6 Å². The van der Waals surface area contributed by atoms with Crippen LogP contribution in [0, 0.1) is 13.8 Å². The van der Waals surface area contributed by atoms with E-state index in [4.69, 9.17) is 9.47 Å². The lowest BCUT2D eigenvalue weighted by molar-refractivity contribution is -0.142. The van der Waals surface area contributed by atoms with Crippen molar-refractivity contribution in [2.45, 2.75) is 26.6 Å². The molecule has 3 rings (SSSR count). The van der Waals surface area contributed by atoms with E-state index in [1.807, 2.05) is 4.90 Å². The van der Waals surface area contributed by atoms with E-state index < -0.39 is 11.9 Å².